The minimum Gasteiger partial charge on any atom is -0.493 e. The van der Waals surface area contributed by atoms with Gasteiger partial charge in [0.1, 0.15) is 0 Å². The molecule has 2 aromatic rings. The van der Waals surface area contributed by atoms with Crippen molar-refractivity contribution >= 4 is 23.3 Å². The molecule has 0 aromatic heterocycles. The van der Waals surface area contributed by atoms with Crippen molar-refractivity contribution in [1.29, 1.82) is 0 Å². The van der Waals surface area contributed by atoms with E-state index in [1.54, 1.807) is 0 Å². The van der Waals surface area contributed by atoms with Crippen molar-refractivity contribution in [3.8, 4) is 23.0 Å². The van der Waals surface area contributed by atoms with Gasteiger partial charge in [0.2, 0.25) is 5.75 Å². The van der Waals surface area contributed by atoms with Gasteiger partial charge in [0, 0.05) is 6.07 Å². The Morgan fingerprint density at radius 3 is 1.96 bits per heavy atom. The van der Waals surface area contributed by atoms with Gasteiger partial charge in [0.25, 0.3) is 0 Å². The summed E-state index contributed by atoms with van der Waals surface area (Å²) < 4.78 is 20.7. The molecule has 148 valence electrons. The maximum atomic E-state index is 11.9. The quantitative estimate of drug-likeness (QED) is 0.316. The van der Waals surface area contributed by atoms with Crippen LogP contribution in [0.3, 0.4) is 0 Å². The van der Waals surface area contributed by atoms with E-state index in [9.17, 15) is 20.0 Å². The fourth-order valence-corrected chi connectivity index (χ4v) is 2.61. The Bertz CT molecular complexity index is 911. The van der Waals surface area contributed by atoms with Crippen LogP contribution in [0, 0.1) is 10.1 Å². The summed E-state index contributed by atoms with van der Waals surface area (Å²) in [7, 11) is 5.58. The number of nitro groups is 1. The molecule has 0 aliphatic carbocycles. The van der Waals surface area contributed by atoms with Crippen LogP contribution in [0.1, 0.15) is 11.1 Å². The number of carbonyl (C=O) groups is 1. The van der Waals surface area contributed by atoms with Gasteiger partial charge in [0.15, 0.2) is 17.2 Å². The SMILES string of the molecule is COc1ccc(/C=C(/C(=O)O)c2cc(OC)c(OC)c(OC)c2)cc1[N+](=O)[O-]. The fraction of sp³-hybridized carbons (Fsp3) is 0.211. The van der Waals surface area contributed by atoms with Gasteiger partial charge < -0.3 is 24.1 Å². The lowest BCUT2D eigenvalue weighted by molar-refractivity contribution is -0.385. The lowest BCUT2D eigenvalue weighted by Gasteiger charge is -2.14. The molecule has 2 rings (SSSR count). The monoisotopic (exact) mass is 389 g/mol. The molecule has 0 fully saturated rings. The van der Waals surface area contributed by atoms with Gasteiger partial charge in [-0.2, -0.15) is 0 Å². The highest BCUT2D eigenvalue weighted by atomic mass is 16.6. The molecule has 0 amide bonds. The second-order valence-corrected chi connectivity index (χ2v) is 5.47. The molecular weight excluding hydrogens is 370 g/mol. The molecule has 9 nitrogen and oxygen atoms in total. The van der Waals surface area contributed by atoms with E-state index in [1.165, 1.54) is 64.8 Å². The summed E-state index contributed by atoms with van der Waals surface area (Å²) in [6.07, 6.45) is 1.31. The van der Waals surface area contributed by atoms with Crippen molar-refractivity contribution in [3.05, 3.63) is 51.6 Å². The van der Waals surface area contributed by atoms with Crippen LogP contribution in [0.15, 0.2) is 30.3 Å². The highest BCUT2D eigenvalue weighted by Crippen LogP contribution is 2.40. The van der Waals surface area contributed by atoms with Crippen molar-refractivity contribution in [2.75, 3.05) is 28.4 Å². The zero-order chi connectivity index (χ0) is 20.8. The zero-order valence-corrected chi connectivity index (χ0v) is 15.7. The van der Waals surface area contributed by atoms with Gasteiger partial charge in [-0.3, -0.25) is 10.1 Å². The maximum absolute atomic E-state index is 11.9. The Kier molecular flexibility index (Phi) is 6.43. The topological polar surface area (TPSA) is 117 Å². The molecule has 0 saturated carbocycles. The van der Waals surface area contributed by atoms with Crippen molar-refractivity contribution in [3.63, 3.8) is 0 Å². The number of aliphatic carboxylic acids is 1. The van der Waals surface area contributed by atoms with Crippen molar-refractivity contribution in [2.24, 2.45) is 0 Å². The van der Waals surface area contributed by atoms with E-state index in [0.717, 1.165) is 0 Å². The molecule has 0 atom stereocenters. The Hall–Kier alpha value is -3.75. The van der Waals surface area contributed by atoms with Crippen molar-refractivity contribution < 1.29 is 33.8 Å². The van der Waals surface area contributed by atoms with Crippen molar-refractivity contribution in [2.45, 2.75) is 0 Å². The molecular formula is C19H19NO8. The third-order valence-corrected chi connectivity index (χ3v) is 3.92. The number of rotatable bonds is 8. The van der Waals surface area contributed by atoms with Crippen LogP contribution in [0.5, 0.6) is 23.0 Å². The van der Waals surface area contributed by atoms with E-state index in [2.05, 4.69) is 0 Å². The smallest absolute Gasteiger partial charge is 0.336 e. The first kappa shape index (κ1) is 20.6. The van der Waals surface area contributed by atoms with Crippen LogP contribution in [-0.2, 0) is 4.79 Å². The van der Waals surface area contributed by atoms with Crippen molar-refractivity contribution in [1.82, 2.24) is 0 Å². The van der Waals surface area contributed by atoms with Crippen LogP contribution >= 0.6 is 0 Å². The Labute approximate surface area is 160 Å². The van der Waals surface area contributed by atoms with Crippen LogP contribution in [-0.4, -0.2) is 44.4 Å². The molecule has 1 N–H and O–H groups in total. The number of nitrogens with zero attached hydrogens (tertiary/aromatic N) is 1. The molecule has 0 aliphatic rings. The first-order valence-corrected chi connectivity index (χ1v) is 7.94. The minimum absolute atomic E-state index is 0.0758. The average Bonchev–Trinajstić information content (AvgIpc) is 2.70. The summed E-state index contributed by atoms with van der Waals surface area (Å²) in [5, 5.41) is 20.9. The van der Waals surface area contributed by atoms with E-state index in [-0.39, 0.29) is 34.1 Å². The van der Waals surface area contributed by atoms with E-state index < -0.39 is 10.9 Å². The first-order valence-electron chi connectivity index (χ1n) is 7.94. The second kappa shape index (κ2) is 8.76. The summed E-state index contributed by atoms with van der Waals surface area (Å²) in [6, 6.07) is 7.13. The summed E-state index contributed by atoms with van der Waals surface area (Å²) >= 11 is 0. The number of hydrogen-bond donors (Lipinski definition) is 1. The molecule has 0 radical (unpaired) electrons. The molecule has 0 saturated heterocycles. The largest absolute Gasteiger partial charge is 0.493 e. The number of benzene rings is 2. The van der Waals surface area contributed by atoms with E-state index >= 15 is 0 Å². The van der Waals surface area contributed by atoms with Crippen LogP contribution in [0.4, 0.5) is 5.69 Å². The molecule has 0 spiro atoms. The average molecular weight is 389 g/mol. The van der Waals surface area contributed by atoms with Gasteiger partial charge >= 0.3 is 11.7 Å². The van der Waals surface area contributed by atoms with Gasteiger partial charge in [-0.25, -0.2) is 4.79 Å². The Balaban J connectivity index is 2.65. The highest BCUT2D eigenvalue weighted by molar-refractivity contribution is 6.21. The number of hydrogen-bond acceptors (Lipinski definition) is 7. The number of ether oxygens (including phenoxy) is 4. The maximum Gasteiger partial charge on any atom is 0.336 e. The van der Waals surface area contributed by atoms with Crippen LogP contribution in [0.2, 0.25) is 0 Å². The fourth-order valence-electron chi connectivity index (χ4n) is 2.61. The predicted molar refractivity (Wildman–Crippen MR) is 101 cm³/mol. The normalized spacial score (nSPS) is 10.9. The third kappa shape index (κ3) is 4.14. The number of methoxy groups -OCH3 is 4. The molecule has 0 unspecified atom stereocenters. The summed E-state index contributed by atoms with van der Waals surface area (Å²) in [6.45, 7) is 0. The number of nitro benzene ring substituents is 1. The lowest BCUT2D eigenvalue weighted by Crippen LogP contribution is -2.02. The standard InChI is InChI=1S/C19H19NO8/c1-25-15-6-5-11(8-14(15)20(23)24)7-13(19(21)22)12-9-16(26-2)18(28-4)17(10-12)27-3/h5-10H,1-4H3,(H,21,22)/b13-7+. The number of carboxylic acids is 1. The highest BCUT2D eigenvalue weighted by Gasteiger charge is 2.20. The van der Waals surface area contributed by atoms with Gasteiger partial charge in [-0.1, -0.05) is 6.07 Å². The van der Waals surface area contributed by atoms with Gasteiger partial charge in [-0.05, 0) is 35.4 Å². The van der Waals surface area contributed by atoms with E-state index in [4.69, 9.17) is 18.9 Å². The summed E-state index contributed by atoms with van der Waals surface area (Å²) in [5.74, 6) is -0.271. The Morgan fingerprint density at radius 1 is 0.964 bits per heavy atom. The number of carboxylic acid groups (broad SMARTS) is 1. The molecule has 9 heteroatoms. The molecule has 28 heavy (non-hydrogen) atoms. The molecule has 0 bridgehead atoms. The van der Waals surface area contributed by atoms with Gasteiger partial charge in [-0.15, -0.1) is 0 Å². The predicted octanol–water partition coefficient (Wildman–Crippen LogP) is 3.25. The second-order valence-electron chi connectivity index (χ2n) is 5.47. The Morgan fingerprint density at radius 2 is 1.54 bits per heavy atom. The summed E-state index contributed by atoms with van der Waals surface area (Å²) in [5.41, 5.74) is 0.212. The van der Waals surface area contributed by atoms with Gasteiger partial charge in [0.05, 0.1) is 38.9 Å². The third-order valence-electron chi connectivity index (χ3n) is 3.92. The summed E-state index contributed by atoms with van der Waals surface area (Å²) in [4.78, 5) is 22.5. The zero-order valence-electron chi connectivity index (χ0n) is 15.7. The minimum atomic E-state index is -1.23. The molecule has 0 aliphatic heterocycles. The lowest BCUT2D eigenvalue weighted by atomic mass is 10.0. The van der Waals surface area contributed by atoms with E-state index in [0.29, 0.717) is 11.3 Å². The van der Waals surface area contributed by atoms with E-state index in [1.807, 2.05) is 0 Å². The molecule has 2 aromatic carbocycles. The first-order chi connectivity index (χ1) is 13.4. The van der Waals surface area contributed by atoms with Crippen LogP contribution in [0.25, 0.3) is 11.6 Å². The molecule has 0 heterocycles. The van der Waals surface area contributed by atoms with Crippen LogP contribution < -0.4 is 18.9 Å².